The number of hydrogen-bond acceptors (Lipinski definition) is 5. The number of carbonyl (C=O) groups excluding carboxylic acids is 1. The Hall–Kier alpha value is -2.96. The van der Waals surface area contributed by atoms with Gasteiger partial charge >= 0.3 is 0 Å². The Morgan fingerprint density at radius 2 is 1.92 bits per heavy atom. The molecule has 4 rings (SSSR count). The van der Waals surface area contributed by atoms with E-state index in [1.54, 1.807) is 18.5 Å². The van der Waals surface area contributed by atoms with E-state index >= 15 is 0 Å². The first-order valence-corrected chi connectivity index (χ1v) is 8.57. The van der Waals surface area contributed by atoms with E-state index in [0.29, 0.717) is 18.7 Å². The molecular formula is C18H20N6O. The first kappa shape index (κ1) is 15.6. The van der Waals surface area contributed by atoms with Crippen LogP contribution in [-0.2, 0) is 6.54 Å². The van der Waals surface area contributed by atoms with Crippen LogP contribution < -0.4 is 10.2 Å². The van der Waals surface area contributed by atoms with Gasteiger partial charge in [-0.3, -0.25) is 4.79 Å². The van der Waals surface area contributed by atoms with E-state index in [0.717, 1.165) is 29.9 Å². The maximum Gasteiger partial charge on any atom is 0.251 e. The summed E-state index contributed by atoms with van der Waals surface area (Å²) < 4.78 is 1.82. The minimum absolute atomic E-state index is 0.0792. The fraction of sp³-hybridized carbons (Fsp3) is 0.333. The predicted octanol–water partition coefficient (Wildman–Crippen LogP) is 1.86. The average molecular weight is 336 g/mol. The van der Waals surface area contributed by atoms with Crippen LogP contribution in [0.2, 0.25) is 0 Å². The first-order chi connectivity index (χ1) is 12.3. The van der Waals surface area contributed by atoms with E-state index in [4.69, 9.17) is 0 Å². The molecular weight excluding hydrogens is 316 g/mol. The molecule has 0 saturated carbocycles. The highest BCUT2D eigenvalue weighted by molar-refractivity contribution is 5.94. The third-order valence-corrected chi connectivity index (χ3v) is 4.46. The molecule has 3 aromatic rings. The van der Waals surface area contributed by atoms with Gasteiger partial charge in [0.15, 0.2) is 5.65 Å². The van der Waals surface area contributed by atoms with Crippen molar-refractivity contribution in [2.45, 2.75) is 19.4 Å². The minimum Gasteiger partial charge on any atom is -0.356 e. The summed E-state index contributed by atoms with van der Waals surface area (Å²) in [5, 5.41) is 8.32. The Morgan fingerprint density at radius 1 is 1.12 bits per heavy atom. The van der Waals surface area contributed by atoms with Gasteiger partial charge in [0.1, 0.15) is 12.1 Å². The van der Waals surface area contributed by atoms with Crippen LogP contribution in [0.5, 0.6) is 0 Å². The molecule has 1 saturated heterocycles. The molecule has 7 heteroatoms. The summed E-state index contributed by atoms with van der Waals surface area (Å²) in [5.74, 6) is 0.881. The maximum atomic E-state index is 12.1. The SMILES string of the molecule is O=C(NCCn1ncc2c(N3CCCC3)ncnc21)c1ccccc1. The third kappa shape index (κ3) is 3.17. The summed E-state index contributed by atoms with van der Waals surface area (Å²) >= 11 is 0. The largest absolute Gasteiger partial charge is 0.356 e. The highest BCUT2D eigenvalue weighted by atomic mass is 16.1. The molecule has 1 aliphatic heterocycles. The van der Waals surface area contributed by atoms with Gasteiger partial charge in [0.25, 0.3) is 5.91 Å². The van der Waals surface area contributed by atoms with Gasteiger partial charge in [0.2, 0.25) is 0 Å². The van der Waals surface area contributed by atoms with Crippen molar-refractivity contribution in [3.63, 3.8) is 0 Å². The maximum absolute atomic E-state index is 12.1. The number of benzene rings is 1. The zero-order chi connectivity index (χ0) is 17.1. The second-order valence-electron chi connectivity index (χ2n) is 6.12. The van der Waals surface area contributed by atoms with Gasteiger partial charge in [-0.2, -0.15) is 5.10 Å². The molecule has 1 aromatic carbocycles. The third-order valence-electron chi connectivity index (χ3n) is 4.46. The highest BCUT2D eigenvalue weighted by Gasteiger charge is 2.18. The number of anilines is 1. The number of rotatable bonds is 5. The van der Waals surface area contributed by atoms with Crippen molar-refractivity contribution in [3.05, 3.63) is 48.4 Å². The van der Waals surface area contributed by atoms with Crippen LogP contribution in [0.1, 0.15) is 23.2 Å². The van der Waals surface area contributed by atoms with Crippen molar-refractivity contribution in [3.8, 4) is 0 Å². The Bertz CT molecular complexity index is 870. The Labute approximate surface area is 145 Å². The van der Waals surface area contributed by atoms with Gasteiger partial charge in [-0.05, 0) is 25.0 Å². The van der Waals surface area contributed by atoms with Crippen LogP contribution in [0.15, 0.2) is 42.9 Å². The molecule has 1 aliphatic rings. The second-order valence-corrected chi connectivity index (χ2v) is 6.12. The van der Waals surface area contributed by atoms with Crippen LogP contribution in [0.3, 0.4) is 0 Å². The van der Waals surface area contributed by atoms with Gasteiger partial charge in [0.05, 0.1) is 18.1 Å². The fourth-order valence-corrected chi connectivity index (χ4v) is 3.19. The summed E-state index contributed by atoms with van der Waals surface area (Å²) in [6.45, 7) is 3.13. The number of fused-ring (bicyclic) bond motifs is 1. The van der Waals surface area contributed by atoms with Crippen molar-refractivity contribution in [1.29, 1.82) is 0 Å². The topological polar surface area (TPSA) is 75.9 Å². The van der Waals surface area contributed by atoms with E-state index in [2.05, 4.69) is 25.3 Å². The van der Waals surface area contributed by atoms with Crippen LogP contribution >= 0.6 is 0 Å². The first-order valence-electron chi connectivity index (χ1n) is 8.57. The second kappa shape index (κ2) is 6.88. The van der Waals surface area contributed by atoms with E-state index in [9.17, 15) is 4.79 Å². The summed E-state index contributed by atoms with van der Waals surface area (Å²) in [4.78, 5) is 23.2. The fourth-order valence-electron chi connectivity index (χ4n) is 3.19. The van der Waals surface area contributed by atoms with Gasteiger partial charge in [-0.1, -0.05) is 18.2 Å². The summed E-state index contributed by atoms with van der Waals surface area (Å²) in [5.41, 5.74) is 1.47. The Balaban J connectivity index is 1.45. The molecule has 7 nitrogen and oxygen atoms in total. The molecule has 3 heterocycles. The zero-order valence-corrected chi connectivity index (χ0v) is 13.9. The highest BCUT2D eigenvalue weighted by Crippen LogP contribution is 2.25. The average Bonchev–Trinajstić information content (AvgIpc) is 3.32. The van der Waals surface area contributed by atoms with Gasteiger partial charge < -0.3 is 10.2 Å². The molecule has 0 radical (unpaired) electrons. The van der Waals surface area contributed by atoms with Crippen LogP contribution in [0, 0.1) is 0 Å². The van der Waals surface area contributed by atoms with Gasteiger partial charge in [-0.15, -0.1) is 0 Å². The van der Waals surface area contributed by atoms with Crippen LogP contribution in [0.25, 0.3) is 11.0 Å². The Kier molecular flexibility index (Phi) is 4.28. The molecule has 25 heavy (non-hydrogen) atoms. The molecule has 1 amide bonds. The number of carbonyl (C=O) groups is 1. The molecule has 0 bridgehead atoms. The lowest BCUT2D eigenvalue weighted by Gasteiger charge is -2.16. The van der Waals surface area contributed by atoms with Crippen LogP contribution in [0.4, 0.5) is 5.82 Å². The zero-order valence-electron chi connectivity index (χ0n) is 13.9. The standard InChI is InChI=1S/C18H20N6O/c25-18(14-6-2-1-3-7-14)19-8-11-24-17-15(12-22-24)16(20-13-21-17)23-9-4-5-10-23/h1-3,6-7,12-13H,4-5,8-11H2,(H,19,25). The lowest BCUT2D eigenvalue weighted by molar-refractivity contribution is 0.0952. The molecule has 2 aromatic heterocycles. The number of hydrogen-bond donors (Lipinski definition) is 1. The molecule has 0 atom stereocenters. The van der Waals surface area contributed by atoms with Crippen molar-refractivity contribution in [1.82, 2.24) is 25.1 Å². The summed E-state index contributed by atoms with van der Waals surface area (Å²) in [6.07, 6.45) is 5.81. The number of nitrogens with zero attached hydrogens (tertiary/aromatic N) is 5. The molecule has 1 N–H and O–H groups in total. The van der Waals surface area contributed by atoms with E-state index in [1.807, 2.05) is 29.1 Å². The predicted molar refractivity (Wildman–Crippen MR) is 95.5 cm³/mol. The van der Waals surface area contributed by atoms with Crippen LogP contribution in [-0.4, -0.2) is 45.3 Å². The smallest absolute Gasteiger partial charge is 0.251 e. The Morgan fingerprint density at radius 3 is 2.72 bits per heavy atom. The molecule has 128 valence electrons. The number of amides is 1. The summed E-state index contributed by atoms with van der Waals surface area (Å²) in [7, 11) is 0. The quantitative estimate of drug-likeness (QED) is 0.769. The number of aromatic nitrogens is 4. The monoisotopic (exact) mass is 336 g/mol. The normalized spacial score (nSPS) is 14.2. The van der Waals surface area contributed by atoms with Crippen molar-refractivity contribution in [2.24, 2.45) is 0 Å². The molecule has 0 aliphatic carbocycles. The summed E-state index contributed by atoms with van der Waals surface area (Å²) in [6, 6.07) is 9.20. The minimum atomic E-state index is -0.0792. The number of nitrogens with one attached hydrogen (secondary N) is 1. The van der Waals surface area contributed by atoms with E-state index < -0.39 is 0 Å². The molecule has 0 unspecified atom stereocenters. The van der Waals surface area contributed by atoms with E-state index in [-0.39, 0.29) is 5.91 Å². The lowest BCUT2D eigenvalue weighted by atomic mass is 10.2. The van der Waals surface area contributed by atoms with Crippen molar-refractivity contribution < 1.29 is 4.79 Å². The van der Waals surface area contributed by atoms with Crippen molar-refractivity contribution >= 4 is 22.8 Å². The van der Waals surface area contributed by atoms with Crippen molar-refractivity contribution in [2.75, 3.05) is 24.5 Å². The molecule has 1 fully saturated rings. The lowest BCUT2D eigenvalue weighted by Crippen LogP contribution is -2.27. The van der Waals surface area contributed by atoms with Gasteiger partial charge in [0, 0.05) is 25.2 Å². The molecule has 0 spiro atoms. The van der Waals surface area contributed by atoms with Gasteiger partial charge in [-0.25, -0.2) is 14.6 Å². The van der Waals surface area contributed by atoms with E-state index in [1.165, 1.54) is 12.8 Å².